The molecule has 0 atom stereocenters. The lowest BCUT2D eigenvalue weighted by atomic mass is 9.86. The van der Waals surface area contributed by atoms with Crippen LogP contribution in [0.25, 0.3) is 0 Å². The Morgan fingerprint density at radius 2 is 1.81 bits per heavy atom. The highest BCUT2D eigenvalue weighted by molar-refractivity contribution is 5.77. The molecule has 0 spiro atoms. The van der Waals surface area contributed by atoms with Gasteiger partial charge >= 0.3 is 5.97 Å². The van der Waals surface area contributed by atoms with E-state index in [1.807, 2.05) is 4.90 Å². The maximum atomic E-state index is 12.5. The van der Waals surface area contributed by atoms with Gasteiger partial charge in [-0.2, -0.15) is 0 Å². The third kappa shape index (κ3) is 7.49. The van der Waals surface area contributed by atoms with Crippen LogP contribution in [-0.4, -0.2) is 37.0 Å². The smallest absolute Gasteiger partial charge is 0.307 e. The van der Waals surface area contributed by atoms with Gasteiger partial charge in [0.05, 0.1) is 13.5 Å². The summed E-state index contributed by atoms with van der Waals surface area (Å²) in [5, 5.41) is 0. The summed E-state index contributed by atoms with van der Waals surface area (Å²) in [6.07, 6.45) is 8.12. The Morgan fingerprint density at radius 1 is 1.14 bits per heavy atom. The van der Waals surface area contributed by atoms with E-state index in [0.717, 1.165) is 13.0 Å². The first kappa shape index (κ1) is 18.0. The van der Waals surface area contributed by atoms with Crippen LogP contribution in [0.3, 0.4) is 0 Å². The fourth-order valence-corrected chi connectivity index (χ4v) is 2.87. The van der Waals surface area contributed by atoms with Crippen LogP contribution in [-0.2, 0) is 14.3 Å². The van der Waals surface area contributed by atoms with E-state index in [0.29, 0.717) is 31.2 Å². The van der Waals surface area contributed by atoms with Crippen LogP contribution in [0.2, 0.25) is 0 Å². The molecule has 0 saturated heterocycles. The number of ether oxygens (including phenoxy) is 1. The molecule has 0 heterocycles. The average Bonchev–Trinajstić information content (AvgIpc) is 2.47. The van der Waals surface area contributed by atoms with Crippen molar-refractivity contribution in [2.75, 3.05) is 20.2 Å². The normalized spacial score (nSPS) is 16.0. The van der Waals surface area contributed by atoms with E-state index in [4.69, 9.17) is 0 Å². The molecule has 4 heteroatoms. The zero-order valence-electron chi connectivity index (χ0n) is 13.9. The van der Waals surface area contributed by atoms with Crippen molar-refractivity contribution < 1.29 is 14.3 Å². The van der Waals surface area contributed by atoms with Gasteiger partial charge in [-0.15, -0.1) is 0 Å². The predicted octanol–water partition coefficient (Wildman–Crippen LogP) is 3.39. The molecular weight excluding hydrogens is 266 g/mol. The summed E-state index contributed by atoms with van der Waals surface area (Å²) in [6.45, 7) is 5.55. The second kappa shape index (κ2) is 9.80. The van der Waals surface area contributed by atoms with Crippen molar-refractivity contribution in [1.29, 1.82) is 0 Å². The van der Waals surface area contributed by atoms with Crippen molar-refractivity contribution in [1.82, 2.24) is 4.90 Å². The second-order valence-electron chi connectivity index (χ2n) is 6.60. The van der Waals surface area contributed by atoms with Gasteiger partial charge in [-0.05, 0) is 31.1 Å². The standard InChI is InChI=1S/C17H31NO3/c1-14(2)9-11-18(12-10-17(20)21-3)16(19)13-15-7-5-4-6-8-15/h14-15H,4-13H2,1-3H3. The molecule has 0 N–H and O–H groups in total. The van der Waals surface area contributed by atoms with E-state index in [9.17, 15) is 9.59 Å². The molecular formula is C17H31NO3. The van der Waals surface area contributed by atoms with Gasteiger partial charge in [0.2, 0.25) is 5.91 Å². The summed E-state index contributed by atoms with van der Waals surface area (Å²) in [6, 6.07) is 0. The molecule has 0 aromatic heterocycles. The van der Waals surface area contributed by atoms with E-state index < -0.39 is 0 Å². The lowest BCUT2D eigenvalue weighted by Gasteiger charge is -2.27. The van der Waals surface area contributed by atoms with Crippen molar-refractivity contribution >= 4 is 11.9 Å². The zero-order chi connectivity index (χ0) is 15.7. The van der Waals surface area contributed by atoms with Gasteiger partial charge in [-0.3, -0.25) is 9.59 Å². The molecule has 0 aliphatic heterocycles. The number of carbonyl (C=O) groups excluding carboxylic acids is 2. The van der Waals surface area contributed by atoms with Gasteiger partial charge in [0.15, 0.2) is 0 Å². The molecule has 0 unspecified atom stereocenters. The summed E-state index contributed by atoms with van der Waals surface area (Å²) in [5.74, 6) is 1.08. The molecule has 0 radical (unpaired) electrons. The maximum absolute atomic E-state index is 12.5. The molecule has 21 heavy (non-hydrogen) atoms. The third-order valence-electron chi connectivity index (χ3n) is 4.33. The van der Waals surface area contributed by atoms with Crippen LogP contribution in [0.4, 0.5) is 0 Å². The molecule has 1 fully saturated rings. The Balaban J connectivity index is 2.47. The highest BCUT2D eigenvalue weighted by Crippen LogP contribution is 2.27. The van der Waals surface area contributed by atoms with Crippen molar-refractivity contribution in [2.24, 2.45) is 11.8 Å². The van der Waals surface area contributed by atoms with E-state index in [1.165, 1.54) is 39.2 Å². The van der Waals surface area contributed by atoms with Crippen LogP contribution in [0.5, 0.6) is 0 Å². The van der Waals surface area contributed by atoms with Gasteiger partial charge < -0.3 is 9.64 Å². The van der Waals surface area contributed by atoms with Gasteiger partial charge in [0.1, 0.15) is 0 Å². The number of hydrogen-bond acceptors (Lipinski definition) is 3. The minimum atomic E-state index is -0.241. The maximum Gasteiger partial charge on any atom is 0.307 e. The molecule has 1 aliphatic rings. The van der Waals surface area contributed by atoms with Gasteiger partial charge in [-0.1, -0.05) is 33.1 Å². The summed E-state index contributed by atoms with van der Waals surface area (Å²) in [7, 11) is 1.39. The lowest BCUT2D eigenvalue weighted by Crippen LogP contribution is -2.36. The minimum Gasteiger partial charge on any atom is -0.469 e. The first-order valence-corrected chi connectivity index (χ1v) is 8.37. The largest absolute Gasteiger partial charge is 0.469 e. The molecule has 1 aliphatic carbocycles. The summed E-state index contributed by atoms with van der Waals surface area (Å²) >= 11 is 0. The quantitative estimate of drug-likeness (QED) is 0.645. The van der Waals surface area contributed by atoms with Gasteiger partial charge in [-0.25, -0.2) is 0 Å². The Kier molecular flexibility index (Phi) is 8.40. The third-order valence-corrected chi connectivity index (χ3v) is 4.33. The number of nitrogens with zero attached hydrogens (tertiary/aromatic N) is 1. The Morgan fingerprint density at radius 3 is 2.38 bits per heavy atom. The van der Waals surface area contributed by atoms with Crippen LogP contribution >= 0.6 is 0 Å². The SMILES string of the molecule is COC(=O)CCN(CCC(C)C)C(=O)CC1CCCCC1. The van der Waals surface area contributed by atoms with E-state index in [-0.39, 0.29) is 11.9 Å². The topological polar surface area (TPSA) is 46.6 Å². The van der Waals surface area contributed by atoms with Gasteiger partial charge in [0, 0.05) is 19.5 Å². The fourth-order valence-electron chi connectivity index (χ4n) is 2.87. The molecule has 1 saturated carbocycles. The van der Waals surface area contributed by atoms with Crippen LogP contribution in [0, 0.1) is 11.8 Å². The molecule has 1 rings (SSSR count). The van der Waals surface area contributed by atoms with Crippen LogP contribution in [0.1, 0.15) is 65.2 Å². The second-order valence-corrected chi connectivity index (χ2v) is 6.60. The number of carbonyl (C=O) groups is 2. The molecule has 0 aromatic carbocycles. The minimum absolute atomic E-state index is 0.214. The highest BCUT2D eigenvalue weighted by atomic mass is 16.5. The van der Waals surface area contributed by atoms with Crippen LogP contribution < -0.4 is 0 Å². The Hall–Kier alpha value is -1.06. The molecule has 0 aromatic rings. The number of amides is 1. The number of esters is 1. The molecule has 0 bridgehead atoms. The van der Waals surface area contributed by atoms with Crippen molar-refractivity contribution in [3.63, 3.8) is 0 Å². The zero-order valence-corrected chi connectivity index (χ0v) is 13.9. The number of rotatable bonds is 8. The lowest BCUT2D eigenvalue weighted by molar-refractivity contribution is -0.142. The predicted molar refractivity (Wildman–Crippen MR) is 83.9 cm³/mol. The van der Waals surface area contributed by atoms with Crippen LogP contribution in [0.15, 0.2) is 0 Å². The summed E-state index contributed by atoms with van der Waals surface area (Å²) in [4.78, 5) is 25.7. The van der Waals surface area contributed by atoms with Crippen molar-refractivity contribution in [3.8, 4) is 0 Å². The first-order chi connectivity index (χ1) is 10.0. The summed E-state index contributed by atoms with van der Waals surface area (Å²) in [5.41, 5.74) is 0. The number of methoxy groups -OCH3 is 1. The van der Waals surface area contributed by atoms with E-state index in [2.05, 4.69) is 18.6 Å². The Labute approximate surface area is 129 Å². The molecule has 4 nitrogen and oxygen atoms in total. The van der Waals surface area contributed by atoms with E-state index in [1.54, 1.807) is 0 Å². The molecule has 122 valence electrons. The first-order valence-electron chi connectivity index (χ1n) is 8.37. The monoisotopic (exact) mass is 297 g/mol. The fraction of sp³-hybridized carbons (Fsp3) is 0.882. The van der Waals surface area contributed by atoms with E-state index >= 15 is 0 Å². The summed E-state index contributed by atoms with van der Waals surface area (Å²) < 4.78 is 4.68. The van der Waals surface area contributed by atoms with Gasteiger partial charge in [0.25, 0.3) is 0 Å². The molecule has 1 amide bonds. The number of hydrogen-bond donors (Lipinski definition) is 0. The van der Waals surface area contributed by atoms with Crippen molar-refractivity contribution in [3.05, 3.63) is 0 Å². The highest BCUT2D eigenvalue weighted by Gasteiger charge is 2.21. The van der Waals surface area contributed by atoms with Crippen molar-refractivity contribution in [2.45, 2.75) is 65.2 Å². The average molecular weight is 297 g/mol. The Bertz CT molecular complexity index is 322.